The van der Waals surface area contributed by atoms with Crippen molar-refractivity contribution in [3.63, 3.8) is 0 Å². The summed E-state index contributed by atoms with van der Waals surface area (Å²) in [6.45, 7) is 19.4. The molecule has 2 rings (SSSR count). The SMILES string of the molecule is CC(CCC(=O)[O-])CC(C)CC(C)C(=O)C=C([O-])C(C)CC(C)CC=CC(C)C(O)C(C)C(O)CC1CCC(C)(C2CCC(C)(C(C)O)O2)O1. The molecule has 2 saturated heterocycles. The van der Waals surface area contributed by atoms with E-state index in [0.29, 0.717) is 25.7 Å². The lowest BCUT2D eigenvalue weighted by Gasteiger charge is -2.35. The van der Waals surface area contributed by atoms with Crippen LogP contribution in [-0.2, 0) is 19.1 Å². The number of rotatable bonds is 22. The van der Waals surface area contributed by atoms with Gasteiger partial charge >= 0.3 is 0 Å². The molecule has 2 aliphatic rings. The Balaban J connectivity index is 1.77. The van der Waals surface area contributed by atoms with Crippen molar-refractivity contribution in [1.29, 1.82) is 0 Å². The van der Waals surface area contributed by atoms with Crippen LogP contribution < -0.4 is 10.2 Å². The zero-order valence-corrected chi connectivity index (χ0v) is 32.7. The molecule has 0 aromatic rings. The third kappa shape index (κ3) is 13.6. The molecule has 0 radical (unpaired) electrons. The monoisotopic (exact) mass is 707 g/mol. The van der Waals surface area contributed by atoms with Gasteiger partial charge in [0.05, 0.1) is 41.7 Å². The van der Waals surface area contributed by atoms with Crippen LogP contribution in [0.15, 0.2) is 24.0 Å². The van der Waals surface area contributed by atoms with Crippen LogP contribution >= 0.6 is 0 Å². The van der Waals surface area contributed by atoms with Crippen molar-refractivity contribution in [2.75, 3.05) is 0 Å². The van der Waals surface area contributed by atoms with E-state index in [1.807, 2.05) is 53.7 Å². The highest BCUT2D eigenvalue weighted by atomic mass is 16.6. The van der Waals surface area contributed by atoms with E-state index in [1.54, 1.807) is 6.92 Å². The van der Waals surface area contributed by atoms with Gasteiger partial charge in [-0.3, -0.25) is 4.79 Å². The smallest absolute Gasteiger partial charge is 0.157 e. The third-order valence-corrected chi connectivity index (χ3v) is 11.9. The highest BCUT2D eigenvalue weighted by molar-refractivity contribution is 5.91. The van der Waals surface area contributed by atoms with Crippen molar-refractivity contribution >= 4 is 11.8 Å². The van der Waals surface area contributed by atoms with E-state index < -0.39 is 35.5 Å². The molecule has 2 fully saturated rings. The number of carboxylic acids is 1. The van der Waals surface area contributed by atoms with Crippen LogP contribution in [0.25, 0.3) is 0 Å². The van der Waals surface area contributed by atoms with Gasteiger partial charge in [-0.2, -0.15) is 0 Å². The summed E-state index contributed by atoms with van der Waals surface area (Å²) in [5, 5.41) is 55.9. The molecule has 0 saturated carbocycles. The summed E-state index contributed by atoms with van der Waals surface area (Å²) < 4.78 is 12.7. The Labute approximate surface area is 302 Å². The van der Waals surface area contributed by atoms with Crippen molar-refractivity contribution in [3.05, 3.63) is 24.0 Å². The summed E-state index contributed by atoms with van der Waals surface area (Å²) in [4.78, 5) is 23.5. The minimum atomic E-state index is -1.04. The predicted octanol–water partition coefficient (Wildman–Crippen LogP) is 5.27. The molecule has 9 nitrogen and oxygen atoms in total. The van der Waals surface area contributed by atoms with E-state index in [4.69, 9.17) is 9.47 Å². The Hall–Kier alpha value is -1.78. The Morgan fingerprint density at radius 1 is 0.840 bits per heavy atom. The number of carboxylic acid groups (broad SMARTS) is 1. The molecule has 0 aromatic heterocycles. The lowest BCUT2D eigenvalue weighted by atomic mass is 9.85. The molecular formula is C41H70O9-2. The van der Waals surface area contributed by atoms with Gasteiger partial charge < -0.3 is 39.8 Å². The van der Waals surface area contributed by atoms with Crippen LogP contribution in [-0.4, -0.2) is 68.8 Å². The minimum Gasteiger partial charge on any atom is -0.875 e. The molecule has 9 heteroatoms. The summed E-state index contributed by atoms with van der Waals surface area (Å²) in [5.74, 6) is -1.73. The van der Waals surface area contributed by atoms with Crippen LogP contribution in [0.1, 0.15) is 140 Å². The normalized spacial score (nSPS) is 30.7. The maximum absolute atomic E-state index is 12.9. The number of carbonyl (C=O) groups excluding carboxylic acids is 2. The van der Waals surface area contributed by atoms with Crippen molar-refractivity contribution < 1.29 is 44.6 Å². The number of carbonyl (C=O) groups is 2. The topological polar surface area (TPSA) is 159 Å². The van der Waals surface area contributed by atoms with Crippen LogP contribution in [0.5, 0.6) is 0 Å². The van der Waals surface area contributed by atoms with E-state index >= 15 is 0 Å². The molecule has 290 valence electrons. The van der Waals surface area contributed by atoms with Gasteiger partial charge in [-0.25, -0.2) is 0 Å². The number of aliphatic hydroxyl groups excluding tert-OH is 3. The molecule has 0 amide bonds. The second-order valence-corrected chi connectivity index (χ2v) is 17.1. The van der Waals surface area contributed by atoms with Gasteiger partial charge in [-0.1, -0.05) is 60.6 Å². The number of hydrogen-bond donors (Lipinski definition) is 3. The first-order chi connectivity index (χ1) is 23.2. The largest absolute Gasteiger partial charge is 0.875 e. The Morgan fingerprint density at radius 2 is 1.48 bits per heavy atom. The number of aliphatic hydroxyl groups is 3. The van der Waals surface area contributed by atoms with Gasteiger partial charge in [0.15, 0.2) is 5.78 Å². The molecule has 0 spiro atoms. The zero-order chi connectivity index (χ0) is 38.0. The summed E-state index contributed by atoms with van der Waals surface area (Å²) in [5.41, 5.74) is -1.02. The average Bonchev–Trinajstić information content (AvgIpc) is 3.63. The number of aliphatic carboxylic acids is 1. The van der Waals surface area contributed by atoms with Crippen LogP contribution in [0.3, 0.4) is 0 Å². The third-order valence-electron chi connectivity index (χ3n) is 11.9. The highest BCUT2D eigenvalue weighted by Gasteiger charge is 2.51. The van der Waals surface area contributed by atoms with Gasteiger partial charge in [0, 0.05) is 23.7 Å². The molecule has 2 heterocycles. The second-order valence-electron chi connectivity index (χ2n) is 17.1. The quantitative estimate of drug-likeness (QED) is 0.0775. The van der Waals surface area contributed by atoms with Crippen LogP contribution in [0.2, 0.25) is 0 Å². The van der Waals surface area contributed by atoms with Crippen LogP contribution in [0.4, 0.5) is 0 Å². The van der Waals surface area contributed by atoms with Crippen molar-refractivity contribution in [1.82, 2.24) is 0 Å². The van der Waals surface area contributed by atoms with Gasteiger partial charge in [-0.15, -0.1) is 5.76 Å². The average molecular weight is 707 g/mol. The molecule has 3 N–H and O–H groups in total. The first-order valence-electron chi connectivity index (χ1n) is 19.4. The van der Waals surface area contributed by atoms with Gasteiger partial charge in [0.2, 0.25) is 0 Å². The number of allylic oxidation sites excluding steroid dienone is 3. The first-order valence-corrected chi connectivity index (χ1v) is 19.4. The molecule has 0 bridgehead atoms. The summed E-state index contributed by atoms with van der Waals surface area (Å²) >= 11 is 0. The van der Waals surface area contributed by atoms with Gasteiger partial charge in [0.25, 0.3) is 0 Å². The molecule has 50 heavy (non-hydrogen) atoms. The van der Waals surface area contributed by atoms with Gasteiger partial charge in [-0.05, 0) is 121 Å². The van der Waals surface area contributed by atoms with E-state index in [-0.39, 0.29) is 71.6 Å². The maximum Gasteiger partial charge on any atom is 0.157 e. The maximum atomic E-state index is 12.9. The Bertz CT molecular complexity index is 1120. The summed E-state index contributed by atoms with van der Waals surface area (Å²) in [7, 11) is 0. The standard InChI is InChI=1S/C41H72O9/c1-25(21-29(5)34(43)24-35(44)30(6)22-27(3)20-26(2)14-15-38(46)47)12-11-13-28(4)39(48)31(7)36(45)23-33-16-18-41(10,49-33)37-17-19-40(9,50-37)32(8)42/h11,13,24-33,36-37,39,42-43,45,48H,12,14-23H2,1-10H3,(H,46,47)/p-2. The number of ether oxygens (including phenoxy) is 2. The molecule has 14 unspecified atom stereocenters. The van der Waals surface area contributed by atoms with Gasteiger partial charge in [0.1, 0.15) is 0 Å². The second kappa shape index (κ2) is 19.9. The predicted molar refractivity (Wildman–Crippen MR) is 192 cm³/mol. The lowest BCUT2D eigenvalue weighted by molar-refractivity contribution is -0.315. The van der Waals surface area contributed by atoms with Crippen molar-refractivity contribution in [2.24, 2.45) is 41.4 Å². The van der Waals surface area contributed by atoms with Crippen molar-refractivity contribution in [2.45, 2.75) is 182 Å². The molecular weight excluding hydrogens is 636 g/mol. The number of hydrogen-bond acceptors (Lipinski definition) is 9. The fraction of sp³-hybridized carbons (Fsp3) is 0.854. The Kier molecular flexibility index (Phi) is 17.7. The molecule has 0 aliphatic carbocycles. The van der Waals surface area contributed by atoms with E-state index in [1.165, 1.54) is 6.08 Å². The zero-order valence-electron chi connectivity index (χ0n) is 32.7. The molecule has 0 aromatic carbocycles. The lowest BCUT2D eigenvalue weighted by Crippen LogP contribution is -2.44. The fourth-order valence-corrected chi connectivity index (χ4v) is 8.00. The summed E-state index contributed by atoms with van der Waals surface area (Å²) in [6.07, 6.45) is 10.2. The van der Waals surface area contributed by atoms with E-state index in [9.17, 15) is 35.1 Å². The highest BCUT2D eigenvalue weighted by Crippen LogP contribution is 2.45. The fourth-order valence-electron chi connectivity index (χ4n) is 8.00. The van der Waals surface area contributed by atoms with E-state index in [2.05, 4.69) is 20.8 Å². The first kappa shape index (κ1) is 44.4. The summed E-state index contributed by atoms with van der Waals surface area (Å²) in [6, 6.07) is 0. The number of ketones is 1. The van der Waals surface area contributed by atoms with E-state index in [0.717, 1.165) is 38.5 Å². The van der Waals surface area contributed by atoms with Crippen LogP contribution in [0, 0.1) is 41.4 Å². The Morgan fingerprint density at radius 3 is 2.08 bits per heavy atom. The molecule has 14 atom stereocenters. The minimum absolute atomic E-state index is 0.0441. The van der Waals surface area contributed by atoms with Crippen molar-refractivity contribution in [3.8, 4) is 0 Å². The molecule has 2 aliphatic heterocycles.